The number of hydrogen-bond acceptors (Lipinski definition) is 4. The molecule has 104 valence electrons. The molecule has 19 heavy (non-hydrogen) atoms. The Kier molecular flexibility index (Phi) is 3.79. The third-order valence-electron chi connectivity index (χ3n) is 4.08. The van der Waals surface area contributed by atoms with E-state index in [-0.39, 0.29) is 11.3 Å². The van der Waals surface area contributed by atoms with Crippen molar-refractivity contribution in [3.8, 4) is 6.07 Å². The minimum Gasteiger partial charge on any atom is -0.382 e. The summed E-state index contributed by atoms with van der Waals surface area (Å²) in [6, 6.07) is 2.34. The fourth-order valence-electron chi connectivity index (χ4n) is 2.41. The van der Waals surface area contributed by atoms with E-state index in [2.05, 4.69) is 11.2 Å². The summed E-state index contributed by atoms with van der Waals surface area (Å²) in [6.07, 6.45) is 1.62. The Morgan fingerprint density at radius 3 is 2.63 bits per heavy atom. The molecule has 0 aromatic carbocycles. The van der Waals surface area contributed by atoms with Crippen molar-refractivity contribution in [1.82, 2.24) is 4.90 Å². The molecule has 2 aliphatic heterocycles. The summed E-state index contributed by atoms with van der Waals surface area (Å²) >= 11 is 0. The van der Waals surface area contributed by atoms with E-state index >= 15 is 0 Å². The van der Waals surface area contributed by atoms with Crippen LogP contribution >= 0.6 is 0 Å². The lowest BCUT2D eigenvalue weighted by molar-refractivity contribution is -0.143. The van der Waals surface area contributed by atoms with Gasteiger partial charge in [-0.1, -0.05) is 19.0 Å². The van der Waals surface area contributed by atoms with E-state index in [1.165, 1.54) is 0 Å². The van der Waals surface area contributed by atoms with Crippen LogP contribution < -0.4 is 0 Å². The summed E-state index contributed by atoms with van der Waals surface area (Å²) in [5.41, 5.74) is 0.671. The molecule has 2 rings (SSSR count). The molecule has 5 heteroatoms. The summed E-state index contributed by atoms with van der Waals surface area (Å²) in [5, 5.41) is 13.1. The van der Waals surface area contributed by atoms with Gasteiger partial charge in [-0.05, 0) is 25.7 Å². The zero-order valence-corrected chi connectivity index (χ0v) is 11.8. The quantitative estimate of drug-likeness (QED) is 0.764. The number of amides is 1. The maximum Gasteiger partial charge on any atom is 0.266 e. The summed E-state index contributed by atoms with van der Waals surface area (Å²) in [7, 11) is 0. The first-order chi connectivity index (χ1) is 8.95. The van der Waals surface area contributed by atoms with Crippen LogP contribution in [0.25, 0.3) is 0 Å². The number of rotatable bonds is 2. The van der Waals surface area contributed by atoms with Gasteiger partial charge in [0, 0.05) is 19.5 Å². The zero-order valence-electron chi connectivity index (χ0n) is 11.8. The molecule has 0 aromatic rings. The van der Waals surface area contributed by atoms with Crippen LogP contribution in [0.15, 0.2) is 5.16 Å². The fraction of sp³-hybridized carbons (Fsp3) is 0.786. The molecule has 5 nitrogen and oxygen atoms in total. The molecular formula is C14H21N3O2. The van der Waals surface area contributed by atoms with Gasteiger partial charge in [0.25, 0.3) is 5.91 Å². The Morgan fingerprint density at radius 2 is 2.16 bits per heavy atom. The SMILES string of the molecule is CC(C)C1=NO[C@@H](C(=O)N2CCC(C)(C#N)CC2)C1. The van der Waals surface area contributed by atoms with Crippen LogP contribution in [-0.4, -0.2) is 35.7 Å². The topological polar surface area (TPSA) is 65.7 Å². The van der Waals surface area contributed by atoms with E-state index < -0.39 is 6.10 Å². The first-order valence-corrected chi connectivity index (χ1v) is 6.88. The minimum atomic E-state index is -0.455. The maximum atomic E-state index is 12.3. The van der Waals surface area contributed by atoms with Crippen LogP contribution in [0.2, 0.25) is 0 Å². The average molecular weight is 263 g/mol. The number of nitriles is 1. The molecule has 2 heterocycles. The molecule has 1 atom stereocenters. The van der Waals surface area contributed by atoms with E-state index in [4.69, 9.17) is 10.1 Å². The fourth-order valence-corrected chi connectivity index (χ4v) is 2.41. The second-order valence-electron chi connectivity index (χ2n) is 6.03. The van der Waals surface area contributed by atoms with Crippen LogP contribution in [0.1, 0.15) is 40.0 Å². The number of hydrogen-bond donors (Lipinski definition) is 0. The minimum absolute atomic E-state index is 0.0133. The second kappa shape index (κ2) is 5.20. The van der Waals surface area contributed by atoms with Crippen LogP contribution in [0, 0.1) is 22.7 Å². The number of carbonyl (C=O) groups is 1. The lowest BCUT2D eigenvalue weighted by atomic mass is 9.82. The van der Waals surface area contributed by atoms with Gasteiger partial charge in [-0.3, -0.25) is 4.79 Å². The van der Waals surface area contributed by atoms with E-state index in [0.29, 0.717) is 25.4 Å². The van der Waals surface area contributed by atoms with E-state index in [1.54, 1.807) is 0 Å². The van der Waals surface area contributed by atoms with Gasteiger partial charge in [0.2, 0.25) is 6.10 Å². The van der Waals surface area contributed by atoms with Crippen LogP contribution in [0.5, 0.6) is 0 Å². The Bertz CT molecular complexity index is 428. The normalized spacial score (nSPS) is 25.7. The van der Waals surface area contributed by atoms with E-state index in [1.807, 2.05) is 25.7 Å². The van der Waals surface area contributed by atoms with Crippen molar-refractivity contribution in [1.29, 1.82) is 5.26 Å². The van der Waals surface area contributed by atoms with Crippen molar-refractivity contribution in [3.05, 3.63) is 0 Å². The summed E-state index contributed by atoms with van der Waals surface area (Å²) in [4.78, 5) is 19.4. The third kappa shape index (κ3) is 2.89. The molecule has 1 fully saturated rings. The van der Waals surface area contributed by atoms with Crippen molar-refractivity contribution in [2.24, 2.45) is 16.5 Å². The molecule has 1 saturated heterocycles. The molecule has 0 spiro atoms. The van der Waals surface area contributed by atoms with Gasteiger partial charge in [-0.15, -0.1) is 0 Å². The Morgan fingerprint density at radius 1 is 1.53 bits per heavy atom. The van der Waals surface area contributed by atoms with Gasteiger partial charge in [-0.2, -0.15) is 5.26 Å². The number of oxime groups is 1. The monoisotopic (exact) mass is 263 g/mol. The van der Waals surface area contributed by atoms with Crippen LogP contribution in [0.3, 0.4) is 0 Å². The lowest BCUT2D eigenvalue weighted by Gasteiger charge is -2.35. The van der Waals surface area contributed by atoms with Gasteiger partial charge < -0.3 is 9.74 Å². The van der Waals surface area contributed by atoms with Crippen molar-refractivity contribution in [2.75, 3.05) is 13.1 Å². The number of carbonyl (C=O) groups excluding carboxylic acids is 1. The molecule has 0 bridgehead atoms. The van der Waals surface area contributed by atoms with Crippen LogP contribution in [0.4, 0.5) is 0 Å². The number of nitrogens with zero attached hydrogens (tertiary/aromatic N) is 3. The van der Waals surface area contributed by atoms with Crippen LogP contribution in [-0.2, 0) is 9.63 Å². The Balaban J connectivity index is 1.88. The molecule has 0 aromatic heterocycles. The molecule has 0 N–H and O–H groups in total. The first kappa shape index (κ1) is 13.9. The molecule has 0 aliphatic carbocycles. The van der Waals surface area contributed by atoms with Crippen molar-refractivity contribution >= 4 is 11.6 Å². The van der Waals surface area contributed by atoms with Gasteiger partial charge in [0.05, 0.1) is 17.2 Å². The number of piperidine rings is 1. The second-order valence-corrected chi connectivity index (χ2v) is 6.03. The predicted molar refractivity (Wildman–Crippen MR) is 71.3 cm³/mol. The lowest BCUT2D eigenvalue weighted by Crippen LogP contribution is -2.46. The number of likely N-dealkylation sites (tertiary alicyclic amines) is 1. The zero-order chi connectivity index (χ0) is 14.0. The van der Waals surface area contributed by atoms with Gasteiger partial charge in [0.1, 0.15) is 0 Å². The standard InChI is InChI=1S/C14H21N3O2/c1-10(2)11-8-12(19-16-11)13(18)17-6-4-14(3,9-15)5-7-17/h10,12H,4-8H2,1-3H3/t12-/m1/s1. The van der Waals surface area contributed by atoms with Crippen molar-refractivity contribution in [3.63, 3.8) is 0 Å². The summed E-state index contributed by atoms with van der Waals surface area (Å²) in [5.74, 6) is 0.334. The molecule has 2 aliphatic rings. The predicted octanol–water partition coefficient (Wildman–Crippen LogP) is 1.94. The summed E-state index contributed by atoms with van der Waals surface area (Å²) in [6.45, 7) is 7.34. The molecule has 0 unspecified atom stereocenters. The first-order valence-electron chi connectivity index (χ1n) is 6.88. The van der Waals surface area contributed by atoms with E-state index in [0.717, 1.165) is 18.6 Å². The highest BCUT2D eigenvalue weighted by molar-refractivity contribution is 5.93. The van der Waals surface area contributed by atoms with Gasteiger partial charge >= 0.3 is 0 Å². The molecular weight excluding hydrogens is 242 g/mol. The molecule has 0 radical (unpaired) electrons. The smallest absolute Gasteiger partial charge is 0.266 e. The highest BCUT2D eigenvalue weighted by Gasteiger charge is 2.37. The van der Waals surface area contributed by atoms with Gasteiger partial charge in [0.15, 0.2) is 0 Å². The molecule has 1 amide bonds. The maximum absolute atomic E-state index is 12.3. The Labute approximate surface area is 114 Å². The van der Waals surface area contributed by atoms with Gasteiger partial charge in [-0.25, -0.2) is 0 Å². The summed E-state index contributed by atoms with van der Waals surface area (Å²) < 4.78 is 0. The highest BCUT2D eigenvalue weighted by Crippen LogP contribution is 2.30. The van der Waals surface area contributed by atoms with Crippen molar-refractivity contribution in [2.45, 2.75) is 46.1 Å². The third-order valence-corrected chi connectivity index (χ3v) is 4.08. The highest BCUT2D eigenvalue weighted by atomic mass is 16.6. The largest absolute Gasteiger partial charge is 0.382 e. The Hall–Kier alpha value is -1.57. The van der Waals surface area contributed by atoms with Crippen molar-refractivity contribution < 1.29 is 9.63 Å². The van der Waals surface area contributed by atoms with E-state index in [9.17, 15) is 4.79 Å². The molecule has 0 saturated carbocycles. The average Bonchev–Trinajstić information content (AvgIpc) is 2.88.